The minimum absolute atomic E-state index is 0.0504. The average Bonchev–Trinajstić information content (AvgIpc) is 2.49. The van der Waals surface area contributed by atoms with Crippen LogP contribution in [0.2, 0.25) is 0 Å². The Morgan fingerprint density at radius 3 is 2.35 bits per heavy atom. The van der Waals surface area contributed by atoms with Gasteiger partial charge in [-0.3, -0.25) is 4.79 Å². The molecule has 0 aliphatic heterocycles. The number of nitrogens with one attached hydrogen (secondary N) is 1. The molecule has 0 aliphatic rings. The molecule has 1 N–H and O–H groups in total. The largest absolute Gasteiger partial charge is 0.454 e. The maximum Gasteiger partial charge on any atom is 0.247 e. The number of benzene rings is 2. The van der Waals surface area contributed by atoms with Crippen molar-refractivity contribution in [2.45, 2.75) is 26.2 Å². The fraction of sp³-hybridized carbons (Fsp3) is 0.211. The van der Waals surface area contributed by atoms with Crippen LogP contribution >= 0.6 is 0 Å². The van der Waals surface area contributed by atoms with Gasteiger partial charge in [0.2, 0.25) is 5.91 Å². The number of hydrogen-bond donors (Lipinski definition) is 1. The Balaban J connectivity index is 2.14. The second kappa shape index (κ2) is 6.65. The summed E-state index contributed by atoms with van der Waals surface area (Å²) >= 11 is 0. The van der Waals surface area contributed by atoms with Crippen LogP contribution in [0.1, 0.15) is 26.3 Å². The summed E-state index contributed by atoms with van der Waals surface area (Å²) < 4.78 is 19.6. The van der Waals surface area contributed by atoms with E-state index in [4.69, 9.17) is 4.74 Å². The number of hydrogen-bond acceptors (Lipinski definition) is 2. The molecule has 23 heavy (non-hydrogen) atoms. The summed E-state index contributed by atoms with van der Waals surface area (Å²) in [5, 5.41) is 2.50. The number of anilines is 1. The Morgan fingerprint density at radius 1 is 1.17 bits per heavy atom. The monoisotopic (exact) mass is 313 g/mol. The minimum atomic E-state index is -0.549. The third-order valence-electron chi connectivity index (χ3n) is 3.33. The van der Waals surface area contributed by atoms with Gasteiger partial charge in [-0.05, 0) is 41.3 Å². The molecule has 4 heteroatoms. The van der Waals surface area contributed by atoms with E-state index in [1.807, 2.05) is 24.3 Å². The van der Waals surface area contributed by atoms with Crippen molar-refractivity contribution in [1.82, 2.24) is 0 Å². The van der Waals surface area contributed by atoms with E-state index >= 15 is 0 Å². The standard InChI is InChI=1S/C19H20FNO2/c1-5-18(22)21-14-8-11-17(16(20)12-14)23-15-9-6-13(7-10-15)19(2,3)4/h5-12H,1H2,2-4H3,(H,21,22). The Hall–Kier alpha value is -2.62. The third-order valence-corrected chi connectivity index (χ3v) is 3.33. The van der Waals surface area contributed by atoms with Crippen LogP contribution < -0.4 is 10.1 Å². The van der Waals surface area contributed by atoms with Gasteiger partial charge in [0.05, 0.1) is 0 Å². The molecule has 0 heterocycles. The maximum atomic E-state index is 14.1. The van der Waals surface area contributed by atoms with Gasteiger partial charge in [0.15, 0.2) is 11.6 Å². The van der Waals surface area contributed by atoms with E-state index in [1.54, 1.807) is 6.07 Å². The normalized spacial score (nSPS) is 11.0. The summed E-state index contributed by atoms with van der Waals surface area (Å²) in [7, 11) is 0. The van der Waals surface area contributed by atoms with Crippen molar-refractivity contribution in [2.75, 3.05) is 5.32 Å². The molecular formula is C19H20FNO2. The third kappa shape index (κ3) is 4.42. The number of carbonyl (C=O) groups is 1. The molecule has 0 radical (unpaired) electrons. The highest BCUT2D eigenvalue weighted by Crippen LogP contribution is 2.29. The van der Waals surface area contributed by atoms with E-state index in [-0.39, 0.29) is 11.2 Å². The number of amides is 1. The summed E-state index contributed by atoms with van der Waals surface area (Å²) in [6.07, 6.45) is 1.12. The molecule has 1 amide bonds. The molecule has 120 valence electrons. The number of carbonyl (C=O) groups excluding carboxylic acids is 1. The fourth-order valence-electron chi connectivity index (χ4n) is 2.00. The Morgan fingerprint density at radius 2 is 1.83 bits per heavy atom. The van der Waals surface area contributed by atoms with Crippen LogP contribution in [-0.4, -0.2) is 5.91 Å². The van der Waals surface area contributed by atoms with Crippen LogP contribution in [0.4, 0.5) is 10.1 Å². The lowest BCUT2D eigenvalue weighted by Crippen LogP contribution is -2.10. The Bertz CT molecular complexity index is 715. The first-order valence-electron chi connectivity index (χ1n) is 7.31. The molecule has 2 aromatic carbocycles. The predicted molar refractivity (Wildman–Crippen MR) is 90.4 cm³/mol. The lowest BCUT2D eigenvalue weighted by molar-refractivity contribution is -0.111. The van der Waals surface area contributed by atoms with Crippen LogP contribution in [0.3, 0.4) is 0 Å². The highest BCUT2D eigenvalue weighted by molar-refractivity contribution is 5.98. The van der Waals surface area contributed by atoms with Gasteiger partial charge in [-0.2, -0.15) is 0 Å². The lowest BCUT2D eigenvalue weighted by Gasteiger charge is -2.19. The molecule has 0 atom stereocenters. The summed E-state index contributed by atoms with van der Waals surface area (Å²) in [6, 6.07) is 11.8. The van der Waals surface area contributed by atoms with Crippen molar-refractivity contribution in [3.63, 3.8) is 0 Å². The average molecular weight is 313 g/mol. The van der Waals surface area contributed by atoms with Crippen molar-refractivity contribution in [3.05, 3.63) is 66.5 Å². The lowest BCUT2D eigenvalue weighted by atomic mass is 9.87. The maximum absolute atomic E-state index is 14.1. The van der Waals surface area contributed by atoms with Crippen molar-refractivity contribution in [2.24, 2.45) is 0 Å². The second-order valence-corrected chi connectivity index (χ2v) is 6.22. The Labute approximate surface area is 135 Å². The predicted octanol–water partition coefficient (Wildman–Crippen LogP) is 5.04. The quantitative estimate of drug-likeness (QED) is 0.803. The highest BCUT2D eigenvalue weighted by atomic mass is 19.1. The molecule has 0 aliphatic carbocycles. The molecule has 2 aromatic rings. The molecule has 2 rings (SSSR count). The summed E-state index contributed by atoms with van der Waals surface area (Å²) in [5.41, 5.74) is 1.57. The molecule has 0 unspecified atom stereocenters. The van der Waals surface area contributed by atoms with Gasteiger partial charge < -0.3 is 10.1 Å². The van der Waals surface area contributed by atoms with Gasteiger partial charge in [-0.15, -0.1) is 0 Å². The highest BCUT2D eigenvalue weighted by Gasteiger charge is 2.13. The molecular weight excluding hydrogens is 293 g/mol. The Kier molecular flexibility index (Phi) is 4.84. The fourth-order valence-corrected chi connectivity index (χ4v) is 2.00. The van der Waals surface area contributed by atoms with E-state index in [2.05, 4.69) is 32.7 Å². The SMILES string of the molecule is C=CC(=O)Nc1ccc(Oc2ccc(C(C)(C)C)cc2)c(F)c1. The van der Waals surface area contributed by atoms with E-state index < -0.39 is 11.7 Å². The van der Waals surface area contributed by atoms with Gasteiger partial charge in [0.25, 0.3) is 0 Å². The summed E-state index contributed by atoms with van der Waals surface area (Å²) in [5.74, 6) is -0.285. The second-order valence-electron chi connectivity index (χ2n) is 6.22. The van der Waals surface area contributed by atoms with Crippen molar-refractivity contribution >= 4 is 11.6 Å². The first-order chi connectivity index (χ1) is 10.8. The van der Waals surface area contributed by atoms with Crippen LogP contribution in [0, 0.1) is 5.82 Å². The molecule has 0 aromatic heterocycles. The zero-order chi connectivity index (χ0) is 17.0. The first-order valence-corrected chi connectivity index (χ1v) is 7.31. The van der Waals surface area contributed by atoms with Crippen molar-refractivity contribution in [1.29, 1.82) is 0 Å². The van der Waals surface area contributed by atoms with Gasteiger partial charge in [-0.25, -0.2) is 4.39 Å². The van der Waals surface area contributed by atoms with Gasteiger partial charge in [0.1, 0.15) is 5.75 Å². The summed E-state index contributed by atoms with van der Waals surface area (Å²) in [6.45, 7) is 9.72. The van der Waals surface area contributed by atoms with Crippen LogP contribution in [0.25, 0.3) is 0 Å². The van der Waals surface area contributed by atoms with Gasteiger partial charge in [0, 0.05) is 11.8 Å². The van der Waals surface area contributed by atoms with Crippen LogP contribution in [0.15, 0.2) is 55.1 Å². The van der Waals surface area contributed by atoms with E-state index in [1.165, 1.54) is 17.7 Å². The summed E-state index contributed by atoms with van der Waals surface area (Å²) in [4.78, 5) is 11.2. The number of ether oxygens (including phenoxy) is 1. The molecule has 0 saturated heterocycles. The molecule has 3 nitrogen and oxygen atoms in total. The smallest absolute Gasteiger partial charge is 0.247 e. The molecule has 0 fully saturated rings. The van der Waals surface area contributed by atoms with Gasteiger partial charge >= 0.3 is 0 Å². The van der Waals surface area contributed by atoms with E-state index in [0.29, 0.717) is 11.4 Å². The van der Waals surface area contributed by atoms with Crippen molar-refractivity contribution < 1.29 is 13.9 Å². The van der Waals surface area contributed by atoms with E-state index in [0.717, 1.165) is 6.08 Å². The van der Waals surface area contributed by atoms with Gasteiger partial charge in [-0.1, -0.05) is 39.5 Å². The van der Waals surface area contributed by atoms with Crippen molar-refractivity contribution in [3.8, 4) is 11.5 Å². The molecule has 0 saturated carbocycles. The topological polar surface area (TPSA) is 38.3 Å². The molecule has 0 bridgehead atoms. The molecule has 0 spiro atoms. The first kappa shape index (κ1) is 16.7. The number of rotatable bonds is 4. The van der Waals surface area contributed by atoms with Crippen LogP contribution in [0.5, 0.6) is 11.5 Å². The minimum Gasteiger partial charge on any atom is -0.454 e. The van der Waals surface area contributed by atoms with Crippen LogP contribution in [-0.2, 0) is 10.2 Å². The zero-order valence-electron chi connectivity index (χ0n) is 13.5. The van der Waals surface area contributed by atoms with E-state index in [9.17, 15) is 9.18 Å². The zero-order valence-corrected chi connectivity index (χ0v) is 13.5. The number of halogens is 1.